The Bertz CT molecular complexity index is 1460. The topological polar surface area (TPSA) is 220 Å². The third-order valence-corrected chi connectivity index (χ3v) is 5.01. The van der Waals surface area contributed by atoms with Crippen molar-refractivity contribution in [2.75, 3.05) is 14.2 Å². The van der Waals surface area contributed by atoms with Crippen LogP contribution in [0.4, 0.5) is 0 Å². The van der Waals surface area contributed by atoms with Crippen LogP contribution in [0.15, 0.2) is 55.1 Å². The quantitative estimate of drug-likeness (QED) is 0.182. The van der Waals surface area contributed by atoms with Crippen LogP contribution in [-0.4, -0.2) is 86.3 Å². The number of nitrogens with zero attached hydrogens (tertiary/aromatic N) is 2. The number of aromatic carboxylic acids is 2. The Morgan fingerprint density at radius 2 is 1.17 bits per heavy atom. The van der Waals surface area contributed by atoms with Gasteiger partial charge in [0.25, 0.3) is 0 Å². The molecule has 15 nitrogen and oxygen atoms in total. The molecule has 0 radical (unpaired) electrons. The highest BCUT2D eigenvalue weighted by molar-refractivity contribution is 5.91. The van der Waals surface area contributed by atoms with Gasteiger partial charge in [-0.25, -0.2) is 19.2 Å². The van der Waals surface area contributed by atoms with Crippen molar-refractivity contribution in [2.24, 2.45) is 14.1 Å². The number of aryl methyl sites for hydroxylation is 2. The van der Waals surface area contributed by atoms with E-state index in [0.29, 0.717) is 41.2 Å². The van der Waals surface area contributed by atoms with E-state index in [1.54, 1.807) is 32.4 Å². The Hall–Kier alpha value is -5.99. The summed E-state index contributed by atoms with van der Waals surface area (Å²) < 4.78 is 11.6. The first-order valence-electron chi connectivity index (χ1n) is 11.6. The monoisotopic (exact) mass is 584 g/mol. The lowest BCUT2D eigenvalue weighted by Crippen LogP contribution is -2.02. The summed E-state index contributed by atoms with van der Waals surface area (Å²) in [5, 5.41) is 17.1. The first-order valence-corrected chi connectivity index (χ1v) is 11.6. The van der Waals surface area contributed by atoms with E-state index in [1.165, 1.54) is 60.1 Å². The summed E-state index contributed by atoms with van der Waals surface area (Å²) in [7, 11) is 5.79. The Labute approximate surface area is 238 Å². The number of hydrogen-bond acceptors (Lipinski definition) is 9. The van der Waals surface area contributed by atoms with Crippen molar-refractivity contribution in [3.8, 4) is 0 Å². The predicted molar refractivity (Wildman–Crippen MR) is 145 cm³/mol. The molecule has 222 valence electrons. The van der Waals surface area contributed by atoms with Gasteiger partial charge in [-0.3, -0.25) is 14.4 Å². The summed E-state index contributed by atoms with van der Waals surface area (Å²) in [6.45, 7) is 0. The molecule has 0 atom stereocenters. The van der Waals surface area contributed by atoms with Gasteiger partial charge < -0.3 is 38.8 Å². The van der Waals surface area contributed by atoms with Gasteiger partial charge in [0.15, 0.2) is 18.9 Å². The molecule has 0 fully saturated rings. The Balaban J connectivity index is 0.000000281. The highest BCUT2D eigenvalue weighted by atomic mass is 16.5. The minimum atomic E-state index is -1.03. The van der Waals surface area contributed by atoms with Gasteiger partial charge in [-0.05, 0) is 30.3 Å². The SMILES string of the molecule is COC(=O)c1cc(C=O)c[nH]1.COC(=O)c1ccc[nH]1.Cn1cc(C=O)cc1C(=O)O.Cn1cc(C=O)cc1C(=O)O. The molecule has 0 bridgehead atoms. The van der Waals surface area contributed by atoms with Crippen LogP contribution in [0.1, 0.15) is 73.0 Å². The number of aldehydes is 3. The fraction of sp³-hybridized carbons (Fsp3) is 0.148. The van der Waals surface area contributed by atoms with E-state index in [9.17, 15) is 33.6 Å². The average molecular weight is 585 g/mol. The first kappa shape index (κ1) is 34.0. The minimum Gasteiger partial charge on any atom is -0.477 e. The molecule has 0 saturated heterocycles. The van der Waals surface area contributed by atoms with Crippen molar-refractivity contribution in [1.29, 1.82) is 0 Å². The maximum atomic E-state index is 10.8. The zero-order valence-corrected chi connectivity index (χ0v) is 22.9. The second-order valence-corrected chi connectivity index (χ2v) is 7.92. The third kappa shape index (κ3) is 10.3. The van der Waals surface area contributed by atoms with E-state index in [0.717, 1.165) is 0 Å². The molecule has 0 saturated carbocycles. The Morgan fingerprint density at radius 1 is 0.714 bits per heavy atom. The van der Waals surface area contributed by atoms with Gasteiger partial charge in [0.1, 0.15) is 22.8 Å². The van der Waals surface area contributed by atoms with Crippen LogP contribution in [0.2, 0.25) is 0 Å². The van der Waals surface area contributed by atoms with Crippen LogP contribution in [0, 0.1) is 0 Å². The summed E-state index contributed by atoms with van der Waals surface area (Å²) in [5.41, 5.74) is 2.20. The first-order chi connectivity index (χ1) is 19.9. The second-order valence-electron chi connectivity index (χ2n) is 7.92. The van der Waals surface area contributed by atoms with E-state index < -0.39 is 17.9 Å². The number of carboxylic acid groups (broad SMARTS) is 2. The van der Waals surface area contributed by atoms with Crippen LogP contribution in [-0.2, 0) is 23.6 Å². The molecule has 4 aromatic rings. The van der Waals surface area contributed by atoms with Gasteiger partial charge in [-0.1, -0.05) is 0 Å². The number of aromatic amines is 2. The molecule has 4 rings (SSSR count). The smallest absolute Gasteiger partial charge is 0.354 e. The van der Waals surface area contributed by atoms with E-state index in [-0.39, 0.29) is 23.1 Å². The van der Waals surface area contributed by atoms with Gasteiger partial charge >= 0.3 is 23.9 Å². The zero-order chi connectivity index (χ0) is 31.8. The van der Waals surface area contributed by atoms with Gasteiger partial charge in [0, 0.05) is 55.6 Å². The number of carboxylic acids is 2. The standard InChI is InChI=1S/3C7H7NO3.C6H7NO2/c1-11-7(10)6-2-5(4-9)3-8-6;2*1-8-3-5(4-9)2-6(8)7(10)11;1-9-6(8)5-3-2-4-7-5/h2-4,8H,1H3;2*2-4H,1H3,(H,10,11);2-4,7H,1H3. The van der Waals surface area contributed by atoms with E-state index in [4.69, 9.17) is 10.2 Å². The number of esters is 2. The van der Waals surface area contributed by atoms with E-state index in [1.807, 2.05) is 0 Å². The average Bonchev–Trinajstić information content (AvgIpc) is 3.79. The van der Waals surface area contributed by atoms with Gasteiger partial charge in [-0.15, -0.1) is 0 Å². The van der Waals surface area contributed by atoms with Crippen LogP contribution in [0.5, 0.6) is 0 Å². The third-order valence-electron chi connectivity index (χ3n) is 5.01. The zero-order valence-electron chi connectivity index (χ0n) is 22.9. The summed E-state index contributed by atoms with van der Waals surface area (Å²) in [6, 6.07) is 7.49. The van der Waals surface area contributed by atoms with Crippen molar-refractivity contribution >= 4 is 42.7 Å². The Morgan fingerprint density at radius 3 is 1.45 bits per heavy atom. The molecule has 4 aromatic heterocycles. The Kier molecular flexibility index (Phi) is 13.7. The summed E-state index contributed by atoms with van der Waals surface area (Å²) in [6.07, 6.45) is 7.94. The van der Waals surface area contributed by atoms with Crippen molar-refractivity contribution in [1.82, 2.24) is 19.1 Å². The maximum Gasteiger partial charge on any atom is 0.354 e. The number of rotatable bonds is 7. The highest BCUT2D eigenvalue weighted by Gasteiger charge is 2.09. The molecule has 0 aliphatic carbocycles. The lowest BCUT2D eigenvalue weighted by Gasteiger charge is -1.92. The molecular formula is C27H28N4O11. The lowest BCUT2D eigenvalue weighted by atomic mass is 10.3. The van der Waals surface area contributed by atoms with E-state index >= 15 is 0 Å². The van der Waals surface area contributed by atoms with Crippen LogP contribution >= 0.6 is 0 Å². The van der Waals surface area contributed by atoms with Crippen molar-refractivity contribution in [3.63, 3.8) is 0 Å². The molecule has 0 unspecified atom stereocenters. The van der Waals surface area contributed by atoms with Crippen LogP contribution in [0.3, 0.4) is 0 Å². The number of carbonyl (C=O) groups excluding carboxylic acids is 5. The fourth-order valence-electron chi connectivity index (χ4n) is 3.01. The maximum absolute atomic E-state index is 10.8. The second kappa shape index (κ2) is 16.9. The molecular weight excluding hydrogens is 556 g/mol. The molecule has 4 N–H and O–H groups in total. The van der Waals surface area contributed by atoms with Gasteiger partial charge in [0.2, 0.25) is 0 Å². The summed E-state index contributed by atoms with van der Waals surface area (Å²) in [4.78, 5) is 78.1. The number of aromatic nitrogens is 4. The molecule has 15 heteroatoms. The largest absolute Gasteiger partial charge is 0.477 e. The summed E-state index contributed by atoms with van der Waals surface area (Å²) in [5.74, 6) is -2.86. The molecule has 0 amide bonds. The number of hydrogen-bond donors (Lipinski definition) is 4. The number of carbonyl (C=O) groups is 7. The number of H-pyrrole nitrogens is 2. The summed E-state index contributed by atoms with van der Waals surface area (Å²) >= 11 is 0. The number of ether oxygens (including phenoxy) is 2. The predicted octanol–water partition coefficient (Wildman–Crippen LogP) is 2.49. The molecule has 0 aliphatic heterocycles. The normalized spacial score (nSPS) is 9.33. The van der Waals surface area contributed by atoms with Crippen LogP contribution < -0.4 is 0 Å². The fourth-order valence-corrected chi connectivity index (χ4v) is 3.01. The van der Waals surface area contributed by atoms with Crippen LogP contribution in [0.25, 0.3) is 0 Å². The number of nitrogens with one attached hydrogen (secondary N) is 2. The molecule has 42 heavy (non-hydrogen) atoms. The highest BCUT2D eigenvalue weighted by Crippen LogP contribution is 2.05. The van der Waals surface area contributed by atoms with Crippen molar-refractivity contribution < 1.29 is 53.2 Å². The van der Waals surface area contributed by atoms with Crippen molar-refractivity contribution in [2.45, 2.75) is 0 Å². The molecule has 0 aliphatic rings. The van der Waals surface area contributed by atoms with Crippen molar-refractivity contribution in [3.05, 3.63) is 94.6 Å². The van der Waals surface area contributed by atoms with Gasteiger partial charge in [0.05, 0.1) is 14.2 Å². The van der Waals surface area contributed by atoms with E-state index in [2.05, 4.69) is 19.4 Å². The van der Waals surface area contributed by atoms with Gasteiger partial charge in [-0.2, -0.15) is 0 Å². The molecule has 0 aromatic carbocycles. The number of methoxy groups -OCH3 is 2. The lowest BCUT2D eigenvalue weighted by molar-refractivity contribution is 0.0586. The molecule has 4 heterocycles. The molecule has 0 spiro atoms. The minimum absolute atomic E-state index is 0.118.